The van der Waals surface area contributed by atoms with Crippen molar-refractivity contribution in [1.82, 2.24) is 5.32 Å². The van der Waals surface area contributed by atoms with Crippen LogP contribution in [0.2, 0.25) is 10.0 Å². The van der Waals surface area contributed by atoms with E-state index in [0.29, 0.717) is 43.7 Å². The van der Waals surface area contributed by atoms with E-state index in [4.69, 9.17) is 28.9 Å². The average molecular weight is 507 g/mol. The Labute approximate surface area is 211 Å². The number of primary amides is 1. The van der Waals surface area contributed by atoms with Gasteiger partial charge in [-0.1, -0.05) is 59.6 Å². The van der Waals surface area contributed by atoms with E-state index in [1.807, 2.05) is 18.2 Å². The first-order chi connectivity index (χ1) is 16.7. The van der Waals surface area contributed by atoms with Gasteiger partial charge in [-0.15, -0.1) is 0 Å². The van der Waals surface area contributed by atoms with Crippen LogP contribution in [-0.4, -0.2) is 36.6 Å². The molecule has 0 radical (unpaired) electrons. The molecular formula is C26H20Cl2N4O3. The van der Waals surface area contributed by atoms with Crippen molar-refractivity contribution in [3.05, 3.63) is 105 Å². The van der Waals surface area contributed by atoms with Crippen molar-refractivity contribution in [2.45, 2.75) is 6.17 Å². The zero-order valence-electron chi connectivity index (χ0n) is 18.5. The molecule has 0 aromatic heterocycles. The lowest BCUT2D eigenvalue weighted by molar-refractivity contribution is -0.124. The topological polar surface area (TPSA) is 105 Å². The summed E-state index contributed by atoms with van der Waals surface area (Å²) in [6, 6.07) is 18.8. The van der Waals surface area contributed by atoms with E-state index in [1.54, 1.807) is 55.6 Å². The van der Waals surface area contributed by atoms with Gasteiger partial charge < -0.3 is 16.0 Å². The fraction of sp³-hybridized carbons (Fsp3) is 0.0769. The fourth-order valence-electron chi connectivity index (χ4n) is 3.62. The molecule has 1 heterocycles. The van der Waals surface area contributed by atoms with Crippen LogP contribution >= 0.6 is 23.2 Å². The Hall–Kier alpha value is -3.94. The summed E-state index contributed by atoms with van der Waals surface area (Å²) in [4.78, 5) is 43.5. The third kappa shape index (κ3) is 5.26. The second-order valence-corrected chi connectivity index (χ2v) is 8.59. The van der Waals surface area contributed by atoms with Crippen LogP contribution in [0.5, 0.6) is 0 Å². The summed E-state index contributed by atoms with van der Waals surface area (Å²) in [5.74, 6) is -1.49. The van der Waals surface area contributed by atoms with Gasteiger partial charge >= 0.3 is 0 Å². The standard InChI is InChI=1S/C26H20Cl2N4O3/c1-32-21-5-3-2-4-19(21)23(16-6-8-17(9-7-16)24(29)34)31-25(26(32)35)30-22(33)13-11-15-10-12-18(27)14-20(15)28/h2-14,25H,1H3,(H2,29,34)(H,30,33)/b13-11+. The van der Waals surface area contributed by atoms with Crippen LogP contribution in [0.3, 0.4) is 0 Å². The molecule has 3 aromatic rings. The molecule has 3 amide bonds. The first-order valence-corrected chi connectivity index (χ1v) is 11.3. The molecule has 0 saturated heterocycles. The van der Waals surface area contributed by atoms with Gasteiger partial charge in [0.1, 0.15) is 0 Å². The number of rotatable bonds is 5. The molecule has 0 fully saturated rings. The number of nitrogens with two attached hydrogens (primary N) is 1. The highest BCUT2D eigenvalue weighted by molar-refractivity contribution is 6.35. The molecule has 0 saturated carbocycles. The second-order valence-electron chi connectivity index (χ2n) is 7.74. The predicted molar refractivity (Wildman–Crippen MR) is 138 cm³/mol. The van der Waals surface area contributed by atoms with Crippen molar-refractivity contribution in [3.63, 3.8) is 0 Å². The van der Waals surface area contributed by atoms with Crippen LogP contribution in [0.15, 0.2) is 77.8 Å². The maximum Gasteiger partial charge on any atom is 0.272 e. The van der Waals surface area contributed by atoms with Gasteiger partial charge in [-0.05, 0) is 42.0 Å². The summed E-state index contributed by atoms with van der Waals surface area (Å²) < 4.78 is 0. The molecule has 9 heteroatoms. The van der Waals surface area contributed by atoms with E-state index in [2.05, 4.69) is 10.3 Å². The summed E-state index contributed by atoms with van der Waals surface area (Å²) in [5, 5.41) is 3.53. The highest BCUT2D eigenvalue weighted by Crippen LogP contribution is 2.27. The van der Waals surface area contributed by atoms with Gasteiger partial charge in [-0.25, -0.2) is 4.99 Å². The normalized spacial score (nSPS) is 15.4. The lowest BCUT2D eigenvalue weighted by atomic mass is 9.99. The molecule has 0 aliphatic carbocycles. The fourth-order valence-corrected chi connectivity index (χ4v) is 4.10. The number of hydrogen-bond donors (Lipinski definition) is 2. The van der Waals surface area contributed by atoms with Gasteiger partial charge in [0.15, 0.2) is 0 Å². The summed E-state index contributed by atoms with van der Waals surface area (Å²) in [6.07, 6.45) is 1.62. The number of benzodiazepines with no additional fused rings is 1. The molecule has 0 spiro atoms. The number of nitrogens with one attached hydrogen (secondary N) is 1. The molecular weight excluding hydrogens is 487 g/mol. The summed E-state index contributed by atoms with van der Waals surface area (Å²) in [7, 11) is 1.62. The van der Waals surface area contributed by atoms with Crippen LogP contribution in [0, 0.1) is 0 Å². The number of amides is 3. The molecule has 35 heavy (non-hydrogen) atoms. The van der Waals surface area contributed by atoms with Crippen LogP contribution in [0.4, 0.5) is 5.69 Å². The Balaban J connectivity index is 1.68. The number of hydrogen-bond acceptors (Lipinski definition) is 4. The highest BCUT2D eigenvalue weighted by Gasteiger charge is 2.30. The number of para-hydroxylation sites is 1. The zero-order chi connectivity index (χ0) is 25.1. The molecule has 3 N–H and O–H groups in total. The number of nitrogens with zero attached hydrogens (tertiary/aromatic N) is 2. The summed E-state index contributed by atoms with van der Waals surface area (Å²) >= 11 is 12.1. The van der Waals surface area contributed by atoms with Crippen LogP contribution in [0.1, 0.15) is 27.0 Å². The van der Waals surface area contributed by atoms with E-state index in [0.717, 1.165) is 0 Å². The average Bonchev–Trinajstić information content (AvgIpc) is 2.94. The molecule has 7 nitrogen and oxygen atoms in total. The maximum atomic E-state index is 13.2. The summed E-state index contributed by atoms with van der Waals surface area (Å²) in [6.45, 7) is 0. The Morgan fingerprint density at radius 2 is 1.77 bits per heavy atom. The van der Waals surface area contributed by atoms with E-state index in [1.165, 1.54) is 17.1 Å². The molecule has 1 aliphatic heterocycles. The van der Waals surface area contributed by atoms with Gasteiger partial charge in [0, 0.05) is 39.9 Å². The number of halogens is 2. The van der Waals surface area contributed by atoms with E-state index >= 15 is 0 Å². The molecule has 4 rings (SSSR count). The first kappa shape index (κ1) is 24.2. The lowest BCUT2D eigenvalue weighted by Gasteiger charge is -2.20. The predicted octanol–water partition coefficient (Wildman–Crippen LogP) is 4.06. The number of carbonyl (C=O) groups excluding carboxylic acids is 3. The Bertz CT molecular complexity index is 1380. The second kappa shape index (κ2) is 10.1. The van der Waals surface area contributed by atoms with Gasteiger partial charge in [0.05, 0.1) is 11.4 Å². The van der Waals surface area contributed by atoms with Crippen LogP contribution in [0.25, 0.3) is 6.08 Å². The van der Waals surface area contributed by atoms with Crippen molar-refractivity contribution in [2.75, 3.05) is 11.9 Å². The molecule has 3 aromatic carbocycles. The monoisotopic (exact) mass is 506 g/mol. The lowest BCUT2D eigenvalue weighted by Crippen LogP contribution is -2.45. The van der Waals surface area contributed by atoms with Gasteiger partial charge in [-0.3, -0.25) is 14.4 Å². The van der Waals surface area contributed by atoms with E-state index < -0.39 is 23.9 Å². The first-order valence-electron chi connectivity index (χ1n) is 10.5. The van der Waals surface area contributed by atoms with Gasteiger partial charge in [-0.2, -0.15) is 0 Å². The Morgan fingerprint density at radius 3 is 2.46 bits per heavy atom. The van der Waals surface area contributed by atoms with Crippen molar-refractivity contribution in [3.8, 4) is 0 Å². The minimum absolute atomic E-state index is 0.348. The smallest absolute Gasteiger partial charge is 0.272 e. The number of carbonyl (C=O) groups is 3. The number of likely N-dealkylation sites (N-methyl/N-ethyl adjacent to an activating group) is 1. The van der Waals surface area contributed by atoms with E-state index in [9.17, 15) is 14.4 Å². The molecule has 1 unspecified atom stereocenters. The largest absolute Gasteiger partial charge is 0.366 e. The molecule has 176 valence electrons. The van der Waals surface area contributed by atoms with Crippen LogP contribution in [-0.2, 0) is 9.59 Å². The van der Waals surface area contributed by atoms with Crippen molar-refractivity contribution < 1.29 is 14.4 Å². The molecule has 1 atom stereocenters. The number of aliphatic imine (C=N–C) groups is 1. The highest BCUT2D eigenvalue weighted by atomic mass is 35.5. The Morgan fingerprint density at radius 1 is 1.06 bits per heavy atom. The third-order valence-corrected chi connectivity index (χ3v) is 6.00. The van der Waals surface area contributed by atoms with Crippen LogP contribution < -0.4 is 16.0 Å². The van der Waals surface area contributed by atoms with E-state index in [-0.39, 0.29) is 0 Å². The number of fused-ring (bicyclic) bond motifs is 1. The maximum absolute atomic E-state index is 13.2. The Kier molecular flexibility index (Phi) is 7.00. The SMILES string of the molecule is CN1C(=O)C(NC(=O)/C=C/c2ccc(Cl)cc2Cl)N=C(c2ccc(C(N)=O)cc2)c2ccccc21. The minimum atomic E-state index is -1.18. The van der Waals surface area contributed by atoms with Crippen molar-refractivity contribution in [1.29, 1.82) is 0 Å². The third-order valence-electron chi connectivity index (χ3n) is 5.44. The van der Waals surface area contributed by atoms with Gasteiger partial charge in [0.25, 0.3) is 5.91 Å². The zero-order valence-corrected chi connectivity index (χ0v) is 20.0. The number of anilines is 1. The molecule has 1 aliphatic rings. The summed E-state index contributed by atoms with van der Waals surface area (Å²) in [5.41, 5.74) is 8.79. The quantitative estimate of drug-likeness (QED) is 0.509. The minimum Gasteiger partial charge on any atom is -0.366 e. The van der Waals surface area contributed by atoms with Crippen molar-refractivity contribution >= 4 is 58.4 Å². The number of benzene rings is 3. The molecule has 0 bridgehead atoms. The van der Waals surface area contributed by atoms with Crippen molar-refractivity contribution in [2.24, 2.45) is 10.7 Å². The van der Waals surface area contributed by atoms with Gasteiger partial charge in [0.2, 0.25) is 18.0 Å².